The molecule has 1 unspecified atom stereocenters. The molecule has 1 aromatic carbocycles. The fourth-order valence-corrected chi connectivity index (χ4v) is 3.49. The third-order valence-corrected chi connectivity index (χ3v) is 4.95. The van der Waals surface area contributed by atoms with Gasteiger partial charge in [-0.3, -0.25) is 0 Å². The van der Waals surface area contributed by atoms with Crippen molar-refractivity contribution in [1.29, 1.82) is 0 Å². The molecular formula is C16H15Cl2N3S. The summed E-state index contributed by atoms with van der Waals surface area (Å²) in [7, 11) is 0. The summed E-state index contributed by atoms with van der Waals surface area (Å²) in [6, 6.07) is 7.71. The lowest BCUT2D eigenvalue weighted by molar-refractivity contribution is 0.572. The summed E-state index contributed by atoms with van der Waals surface area (Å²) in [5.74, 6) is 0. The molecule has 3 nitrogen and oxygen atoms in total. The van der Waals surface area contributed by atoms with E-state index in [0.717, 1.165) is 22.8 Å². The van der Waals surface area contributed by atoms with E-state index in [-0.39, 0.29) is 6.04 Å². The number of hydrogen-bond donors (Lipinski definition) is 2. The molecule has 3 aromatic rings. The van der Waals surface area contributed by atoms with Crippen LogP contribution in [0.3, 0.4) is 0 Å². The smallest absolute Gasteiger partial charge is 0.110 e. The van der Waals surface area contributed by atoms with Gasteiger partial charge in [-0.1, -0.05) is 23.2 Å². The van der Waals surface area contributed by atoms with Crippen molar-refractivity contribution < 1.29 is 0 Å². The van der Waals surface area contributed by atoms with Crippen LogP contribution in [-0.2, 0) is 6.54 Å². The summed E-state index contributed by atoms with van der Waals surface area (Å²) in [5.41, 5.74) is 3.02. The van der Waals surface area contributed by atoms with E-state index in [9.17, 15) is 0 Å². The summed E-state index contributed by atoms with van der Waals surface area (Å²) < 4.78 is 0. The van der Waals surface area contributed by atoms with Gasteiger partial charge in [0.2, 0.25) is 0 Å². The summed E-state index contributed by atoms with van der Waals surface area (Å²) in [6.07, 6.45) is 3.91. The highest BCUT2D eigenvalue weighted by Crippen LogP contribution is 2.32. The molecule has 6 heteroatoms. The average molecular weight is 352 g/mol. The van der Waals surface area contributed by atoms with Crippen molar-refractivity contribution in [3.8, 4) is 11.3 Å². The number of aromatic nitrogens is 2. The average Bonchev–Trinajstić information content (AvgIpc) is 3.16. The molecule has 0 fully saturated rings. The minimum Gasteiger partial charge on any atom is -0.367 e. The van der Waals surface area contributed by atoms with E-state index in [1.54, 1.807) is 17.4 Å². The van der Waals surface area contributed by atoms with Crippen molar-refractivity contribution in [2.24, 2.45) is 0 Å². The van der Waals surface area contributed by atoms with E-state index in [0.29, 0.717) is 10.0 Å². The van der Waals surface area contributed by atoms with Gasteiger partial charge in [-0.2, -0.15) is 0 Å². The molecule has 2 heterocycles. The Morgan fingerprint density at radius 3 is 2.91 bits per heavy atom. The second-order valence-electron chi connectivity index (χ2n) is 5.02. The predicted octanol–water partition coefficient (Wildman–Crippen LogP) is 5.30. The Kier molecular flexibility index (Phi) is 4.84. The fraction of sp³-hybridized carbons (Fsp3) is 0.188. The Bertz CT molecular complexity index is 753. The van der Waals surface area contributed by atoms with Crippen molar-refractivity contribution in [3.63, 3.8) is 0 Å². The quantitative estimate of drug-likeness (QED) is 0.655. The molecule has 0 aliphatic heterocycles. The number of halogens is 2. The molecule has 0 aliphatic rings. The number of rotatable bonds is 5. The van der Waals surface area contributed by atoms with Crippen LogP contribution in [0.25, 0.3) is 11.3 Å². The number of benzene rings is 1. The van der Waals surface area contributed by atoms with Crippen LogP contribution in [0.15, 0.2) is 42.0 Å². The van der Waals surface area contributed by atoms with Gasteiger partial charge in [0.25, 0.3) is 0 Å². The molecule has 22 heavy (non-hydrogen) atoms. The zero-order valence-electron chi connectivity index (χ0n) is 11.9. The summed E-state index contributed by atoms with van der Waals surface area (Å²) >= 11 is 13.8. The van der Waals surface area contributed by atoms with Gasteiger partial charge in [0.15, 0.2) is 0 Å². The monoisotopic (exact) mass is 351 g/mol. The van der Waals surface area contributed by atoms with Gasteiger partial charge in [0.05, 0.1) is 16.8 Å². The van der Waals surface area contributed by atoms with Crippen molar-refractivity contribution >= 4 is 34.5 Å². The third kappa shape index (κ3) is 3.52. The Morgan fingerprint density at radius 1 is 1.32 bits per heavy atom. The zero-order valence-corrected chi connectivity index (χ0v) is 14.3. The lowest BCUT2D eigenvalue weighted by Crippen LogP contribution is -2.17. The molecule has 1 atom stereocenters. The highest BCUT2D eigenvalue weighted by molar-refractivity contribution is 7.10. The predicted molar refractivity (Wildman–Crippen MR) is 93.6 cm³/mol. The normalized spacial score (nSPS) is 12.5. The molecule has 114 valence electrons. The SMILES string of the molecule is CC(NCc1cc[nH]c1)c1nc(-c2ccc(Cl)cc2Cl)cs1. The lowest BCUT2D eigenvalue weighted by atomic mass is 10.2. The molecule has 0 aliphatic carbocycles. The van der Waals surface area contributed by atoms with Crippen molar-refractivity contribution in [3.05, 3.63) is 62.7 Å². The fourth-order valence-electron chi connectivity index (χ4n) is 2.13. The first kappa shape index (κ1) is 15.6. The standard InChI is InChI=1S/C16H15Cl2N3S/c1-10(20-8-11-4-5-19-7-11)16-21-15(9-22-16)13-3-2-12(17)6-14(13)18/h2-7,9-10,19-20H,8H2,1H3. The van der Waals surface area contributed by atoms with Gasteiger partial charge in [-0.25, -0.2) is 4.98 Å². The van der Waals surface area contributed by atoms with E-state index in [2.05, 4.69) is 23.3 Å². The van der Waals surface area contributed by atoms with E-state index in [1.807, 2.05) is 29.9 Å². The van der Waals surface area contributed by atoms with Crippen LogP contribution in [0.4, 0.5) is 0 Å². The first-order valence-electron chi connectivity index (χ1n) is 6.89. The highest BCUT2D eigenvalue weighted by atomic mass is 35.5. The van der Waals surface area contributed by atoms with Gasteiger partial charge < -0.3 is 10.3 Å². The maximum Gasteiger partial charge on any atom is 0.110 e. The second-order valence-corrected chi connectivity index (χ2v) is 6.75. The topological polar surface area (TPSA) is 40.7 Å². The number of H-pyrrole nitrogens is 1. The number of nitrogens with zero attached hydrogens (tertiary/aromatic N) is 1. The number of thiazole rings is 1. The molecule has 2 aromatic heterocycles. The lowest BCUT2D eigenvalue weighted by Gasteiger charge is -2.10. The Balaban J connectivity index is 1.72. The first-order chi connectivity index (χ1) is 10.6. The van der Waals surface area contributed by atoms with Crippen LogP contribution in [0.5, 0.6) is 0 Å². The van der Waals surface area contributed by atoms with Gasteiger partial charge in [0.1, 0.15) is 5.01 Å². The Hall–Kier alpha value is -1.33. The summed E-state index contributed by atoms with van der Waals surface area (Å²) in [6.45, 7) is 2.92. The van der Waals surface area contributed by atoms with Crippen LogP contribution < -0.4 is 5.32 Å². The molecule has 2 N–H and O–H groups in total. The van der Waals surface area contributed by atoms with Crippen LogP contribution in [0, 0.1) is 0 Å². The molecule has 0 amide bonds. The van der Waals surface area contributed by atoms with Gasteiger partial charge in [-0.15, -0.1) is 11.3 Å². The zero-order chi connectivity index (χ0) is 15.5. The van der Waals surface area contributed by atoms with Gasteiger partial charge >= 0.3 is 0 Å². The van der Waals surface area contributed by atoms with E-state index >= 15 is 0 Å². The molecule has 0 saturated carbocycles. The van der Waals surface area contributed by atoms with Crippen molar-refractivity contribution in [2.75, 3.05) is 0 Å². The van der Waals surface area contributed by atoms with Crippen LogP contribution >= 0.6 is 34.5 Å². The van der Waals surface area contributed by atoms with Crippen LogP contribution in [0.1, 0.15) is 23.5 Å². The minimum absolute atomic E-state index is 0.180. The van der Waals surface area contributed by atoms with Gasteiger partial charge in [0, 0.05) is 34.9 Å². The second kappa shape index (κ2) is 6.84. The molecule has 0 spiro atoms. The van der Waals surface area contributed by atoms with Crippen LogP contribution in [0.2, 0.25) is 10.0 Å². The van der Waals surface area contributed by atoms with Crippen LogP contribution in [-0.4, -0.2) is 9.97 Å². The third-order valence-electron chi connectivity index (χ3n) is 3.37. The minimum atomic E-state index is 0.180. The largest absolute Gasteiger partial charge is 0.367 e. The highest BCUT2D eigenvalue weighted by Gasteiger charge is 2.13. The summed E-state index contributed by atoms with van der Waals surface area (Å²) in [4.78, 5) is 7.74. The van der Waals surface area contributed by atoms with E-state index in [4.69, 9.17) is 28.2 Å². The maximum atomic E-state index is 6.24. The molecular weight excluding hydrogens is 337 g/mol. The Morgan fingerprint density at radius 2 is 2.18 bits per heavy atom. The molecule has 0 bridgehead atoms. The van der Waals surface area contributed by atoms with E-state index < -0.39 is 0 Å². The first-order valence-corrected chi connectivity index (χ1v) is 8.53. The van der Waals surface area contributed by atoms with Crippen molar-refractivity contribution in [1.82, 2.24) is 15.3 Å². The molecule has 0 radical (unpaired) electrons. The number of hydrogen-bond acceptors (Lipinski definition) is 3. The molecule has 0 saturated heterocycles. The van der Waals surface area contributed by atoms with Gasteiger partial charge in [-0.05, 0) is 36.8 Å². The van der Waals surface area contributed by atoms with Crippen molar-refractivity contribution in [2.45, 2.75) is 19.5 Å². The maximum absolute atomic E-state index is 6.24. The summed E-state index contributed by atoms with van der Waals surface area (Å²) in [5, 5.41) is 7.78. The molecule has 3 rings (SSSR count). The Labute approximate surface area is 143 Å². The van der Waals surface area contributed by atoms with E-state index in [1.165, 1.54) is 5.56 Å². The number of aromatic amines is 1. The number of nitrogens with one attached hydrogen (secondary N) is 2.